The maximum absolute atomic E-state index is 13.7. The summed E-state index contributed by atoms with van der Waals surface area (Å²) >= 11 is 5.82. The Balaban J connectivity index is 2.05. The molecule has 0 aliphatic carbocycles. The minimum atomic E-state index is -3.91. The Morgan fingerprint density at radius 2 is 1.84 bits per heavy atom. The van der Waals surface area contributed by atoms with Crippen LogP contribution in [0, 0.1) is 11.6 Å². The fourth-order valence-corrected chi connectivity index (χ4v) is 3.98. The van der Waals surface area contributed by atoms with Crippen LogP contribution in [0.5, 0.6) is 0 Å². The van der Waals surface area contributed by atoms with Crippen LogP contribution in [0.2, 0.25) is 5.02 Å². The molecule has 2 rings (SSSR count). The van der Waals surface area contributed by atoms with Crippen LogP contribution < -0.4 is 0 Å². The first-order valence-electron chi connectivity index (χ1n) is 7.29. The molecule has 134 valence electrons. The van der Waals surface area contributed by atoms with Gasteiger partial charge in [-0.1, -0.05) is 29.8 Å². The molecule has 0 aliphatic heterocycles. The summed E-state index contributed by atoms with van der Waals surface area (Å²) in [6, 6.07) is 9.51. The summed E-state index contributed by atoms with van der Waals surface area (Å²) in [5, 5.41) is -0.0101. The molecule has 0 unspecified atom stereocenters. The lowest BCUT2D eigenvalue weighted by molar-refractivity contribution is -0.127. The van der Waals surface area contributed by atoms with Crippen molar-refractivity contribution in [1.82, 2.24) is 4.90 Å². The Labute approximate surface area is 149 Å². The smallest absolute Gasteiger partial charge is 0.237 e. The van der Waals surface area contributed by atoms with Gasteiger partial charge < -0.3 is 4.90 Å². The van der Waals surface area contributed by atoms with Gasteiger partial charge in [-0.3, -0.25) is 4.79 Å². The van der Waals surface area contributed by atoms with Crippen LogP contribution in [0.4, 0.5) is 8.78 Å². The number of halogens is 3. The van der Waals surface area contributed by atoms with Crippen LogP contribution in [-0.2, 0) is 26.9 Å². The van der Waals surface area contributed by atoms with Gasteiger partial charge in [0, 0.05) is 24.2 Å². The maximum Gasteiger partial charge on any atom is 0.237 e. The molecule has 0 saturated heterocycles. The largest absolute Gasteiger partial charge is 0.341 e. The molecule has 0 spiro atoms. The van der Waals surface area contributed by atoms with Crippen molar-refractivity contribution in [2.75, 3.05) is 12.8 Å². The van der Waals surface area contributed by atoms with Crippen LogP contribution in [0.15, 0.2) is 42.5 Å². The first-order chi connectivity index (χ1) is 11.7. The molecule has 0 fully saturated rings. The van der Waals surface area contributed by atoms with E-state index in [-0.39, 0.29) is 17.1 Å². The second-order valence-electron chi connectivity index (χ2n) is 5.61. The Bertz CT molecular complexity index is 867. The Hall–Kier alpha value is -1.99. The Kier molecular flexibility index (Phi) is 6.13. The number of carbonyl (C=O) groups is 1. The molecule has 0 N–H and O–H groups in total. The van der Waals surface area contributed by atoms with Gasteiger partial charge in [-0.25, -0.2) is 17.2 Å². The van der Waals surface area contributed by atoms with Gasteiger partial charge in [0.05, 0.1) is 5.75 Å². The monoisotopic (exact) mass is 387 g/mol. The standard InChI is InChI=1S/C17H16ClF2NO3S/c1-21(9-12-4-2-5-13(19)8-12)17(22)11-25(23,24)10-14-15(18)6-3-7-16(14)20/h2-8H,9-11H2,1H3. The second-order valence-corrected chi connectivity index (χ2v) is 8.08. The van der Waals surface area contributed by atoms with Crippen molar-refractivity contribution in [3.05, 3.63) is 70.2 Å². The Morgan fingerprint density at radius 3 is 2.48 bits per heavy atom. The van der Waals surface area contributed by atoms with E-state index in [2.05, 4.69) is 0 Å². The summed E-state index contributed by atoms with van der Waals surface area (Å²) in [5.74, 6) is -3.31. The molecule has 0 saturated carbocycles. The average Bonchev–Trinajstić information content (AvgIpc) is 2.50. The predicted octanol–water partition coefficient (Wildman–Crippen LogP) is 3.19. The van der Waals surface area contributed by atoms with E-state index in [1.807, 2.05) is 0 Å². The van der Waals surface area contributed by atoms with Gasteiger partial charge in [-0.2, -0.15) is 0 Å². The number of amides is 1. The third-order valence-corrected chi connectivity index (χ3v) is 5.27. The third kappa shape index (κ3) is 5.51. The highest BCUT2D eigenvalue weighted by atomic mass is 35.5. The minimum absolute atomic E-state index is 0.0101. The lowest BCUT2D eigenvalue weighted by Crippen LogP contribution is -2.32. The van der Waals surface area contributed by atoms with Crippen molar-refractivity contribution >= 4 is 27.3 Å². The maximum atomic E-state index is 13.7. The molecule has 1 amide bonds. The number of rotatable bonds is 6. The summed E-state index contributed by atoms with van der Waals surface area (Å²) in [6.45, 7) is 0.0621. The van der Waals surface area contributed by atoms with E-state index in [0.717, 1.165) is 6.07 Å². The van der Waals surface area contributed by atoms with E-state index >= 15 is 0 Å². The Morgan fingerprint density at radius 1 is 1.16 bits per heavy atom. The summed E-state index contributed by atoms with van der Waals surface area (Å²) in [7, 11) is -2.50. The highest BCUT2D eigenvalue weighted by molar-refractivity contribution is 7.91. The van der Waals surface area contributed by atoms with Crippen LogP contribution in [-0.4, -0.2) is 32.0 Å². The molecule has 0 heterocycles. The quantitative estimate of drug-likeness (QED) is 0.765. The lowest BCUT2D eigenvalue weighted by atomic mass is 10.2. The molecule has 0 aliphatic rings. The number of carbonyl (C=O) groups excluding carboxylic acids is 1. The SMILES string of the molecule is CN(Cc1cccc(F)c1)C(=O)CS(=O)(=O)Cc1c(F)cccc1Cl. The average molecular weight is 388 g/mol. The van der Waals surface area contributed by atoms with Crippen LogP contribution in [0.1, 0.15) is 11.1 Å². The van der Waals surface area contributed by atoms with Crippen molar-refractivity contribution in [2.24, 2.45) is 0 Å². The van der Waals surface area contributed by atoms with Gasteiger partial charge in [-0.05, 0) is 29.8 Å². The first kappa shape index (κ1) is 19.3. The normalized spacial score (nSPS) is 11.4. The van der Waals surface area contributed by atoms with E-state index in [4.69, 9.17) is 11.6 Å². The molecule has 0 atom stereocenters. The summed E-state index contributed by atoms with van der Waals surface area (Å²) in [4.78, 5) is 13.3. The lowest BCUT2D eigenvalue weighted by Gasteiger charge is -2.17. The van der Waals surface area contributed by atoms with Crippen molar-refractivity contribution in [3.8, 4) is 0 Å². The van der Waals surface area contributed by atoms with Gasteiger partial charge in [0.25, 0.3) is 0 Å². The zero-order valence-corrected chi connectivity index (χ0v) is 14.9. The van der Waals surface area contributed by atoms with E-state index in [1.165, 1.54) is 42.3 Å². The van der Waals surface area contributed by atoms with Crippen molar-refractivity contribution < 1.29 is 22.0 Å². The van der Waals surface area contributed by atoms with Crippen LogP contribution >= 0.6 is 11.6 Å². The molecule has 2 aromatic carbocycles. The fraction of sp³-hybridized carbons (Fsp3) is 0.235. The number of hydrogen-bond donors (Lipinski definition) is 0. The minimum Gasteiger partial charge on any atom is -0.341 e. The first-order valence-corrected chi connectivity index (χ1v) is 9.49. The topological polar surface area (TPSA) is 54.5 Å². The molecule has 0 radical (unpaired) electrons. The molecule has 0 bridgehead atoms. The zero-order valence-electron chi connectivity index (χ0n) is 13.4. The van der Waals surface area contributed by atoms with Gasteiger partial charge in [-0.15, -0.1) is 0 Å². The van der Waals surface area contributed by atoms with Gasteiger partial charge in [0.1, 0.15) is 17.4 Å². The van der Waals surface area contributed by atoms with E-state index in [9.17, 15) is 22.0 Å². The molecule has 8 heteroatoms. The summed E-state index contributed by atoms with van der Waals surface area (Å²) in [6.07, 6.45) is 0. The molecular weight excluding hydrogens is 372 g/mol. The highest BCUT2D eigenvalue weighted by Gasteiger charge is 2.23. The molecule has 4 nitrogen and oxygen atoms in total. The predicted molar refractivity (Wildman–Crippen MR) is 91.8 cm³/mol. The van der Waals surface area contributed by atoms with Gasteiger partial charge in [0.2, 0.25) is 5.91 Å². The van der Waals surface area contributed by atoms with Crippen molar-refractivity contribution in [2.45, 2.75) is 12.3 Å². The molecule has 0 aromatic heterocycles. The third-order valence-electron chi connectivity index (χ3n) is 3.50. The fourth-order valence-electron chi connectivity index (χ4n) is 2.24. The van der Waals surface area contributed by atoms with Crippen molar-refractivity contribution in [3.63, 3.8) is 0 Å². The molecule has 2 aromatic rings. The molecular formula is C17H16ClF2NO3S. The van der Waals surface area contributed by atoms with E-state index < -0.39 is 38.9 Å². The highest BCUT2D eigenvalue weighted by Crippen LogP contribution is 2.21. The zero-order chi connectivity index (χ0) is 18.6. The van der Waals surface area contributed by atoms with Crippen LogP contribution in [0.3, 0.4) is 0 Å². The summed E-state index contributed by atoms with van der Waals surface area (Å²) in [5.41, 5.74) is 0.371. The van der Waals surface area contributed by atoms with Crippen LogP contribution in [0.25, 0.3) is 0 Å². The number of sulfone groups is 1. The van der Waals surface area contributed by atoms with E-state index in [1.54, 1.807) is 6.07 Å². The number of benzene rings is 2. The van der Waals surface area contributed by atoms with E-state index in [0.29, 0.717) is 5.56 Å². The van der Waals surface area contributed by atoms with Gasteiger partial charge in [0.15, 0.2) is 9.84 Å². The molecule has 25 heavy (non-hydrogen) atoms. The van der Waals surface area contributed by atoms with Crippen molar-refractivity contribution in [1.29, 1.82) is 0 Å². The second kappa shape index (κ2) is 7.93. The van der Waals surface area contributed by atoms with Gasteiger partial charge >= 0.3 is 0 Å². The number of nitrogens with zero attached hydrogens (tertiary/aromatic N) is 1. The number of hydrogen-bond acceptors (Lipinski definition) is 3. The summed E-state index contributed by atoms with van der Waals surface area (Å²) < 4.78 is 51.3.